The zero-order valence-corrected chi connectivity index (χ0v) is 12.4. The van der Waals surface area contributed by atoms with E-state index in [9.17, 15) is 5.26 Å². The van der Waals surface area contributed by atoms with Crippen molar-refractivity contribution in [1.29, 1.82) is 5.26 Å². The molecule has 1 aromatic carbocycles. The second-order valence-corrected chi connectivity index (χ2v) is 6.92. The molecule has 1 nitrogen and oxygen atoms in total. The van der Waals surface area contributed by atoms with Crippen LogP contribution in [-0.2, 0) is 10.8 Å². The molecule has 0 radical (unpaired) electrons. The topological polar surface area (TPSA) is 23.8 Å². The Bertz CT molecular complexity index is 505. The van der Waals surface area contributed by atoms with Crippen molar-refractivity contribution in [3.05, 3.63) is 34.4 Å². The lowest BCUT2D eigenvalue weighted by atomic mass is 9.80. The van der Waals surface area contributed by atoms with E-state index in [0.29, 0.717) is 5.92 Å². The average molecular weight is 241 g/mol. The normalized spacial score (nSPS) is 26.8. The van der Waals surface area contributed by atoms with Crippen molar-refractivity contribution in [3.63, 3.8) is 0 Å². The zero-order chi connectivity index (χ0) is 13.7. The van der Waals surface area contributed by atoms with Crippen LogP contribution in [0.2, 0.25) is 0 Å². The molecule has 0 bridgehead atoms. The van der Waals surface area contributed by atoms with Gasteiger partial charge in [-0.25, -0.2) is 0 Å². The Labute approximate surface area is 111 Å². The first-order valence-electron chi connectivity index (χ1n) is 6.76. The van der Waals surface area contributed by atoms with E-state index in [4.69, 9.17) is 0 Å². The van der Waals surface area contributed by atoms with E-state index in [1.807, 2.05) is 0 Å². The Hall–Kier alpha value is -1.29. The highest BCUT2D eigenvalue weighted by atomic mass is 14.6. The third-order valence-corrected chi connectivity index (χ3v) is 4.35. The zero-order valence-electron chi connectivity index (χ0n) is 12.4. The SMILES string of the molecule is Cc1cc(C(C)(C)C)cc(C)c1C1(C#N)CC1C. The first kappa shape index (κ1) is 13.1. The highest BCUT2D eigenvalue weighted by Crippen LogP contribution is 2.55. The van der Waals surface area contributed by atoms with Crippen LogP contribution in [0, 0.1) is 31.1 Å². The molecular formula is C17H23N. The minimum Gasteiger partial charge on any atom is -0.197 e. The summed E-state index contributed by atoms with van der Waals surface area (Å²) in [4.78, 5) is 0. The molecule has 0 saturated heterocycles. The van der Waals surface area contributed by atoms with E-state index < -0.39 is 0 Å². The molecule has 1 aliphatic carbocycles. The first-order chi connectivity index (χ1) is 8.22. The standard InChI is InChI=1S/C17H23N/c1-11-7-14(16(4,5)6)8-12(2)15(11)17(10-18)9-13(17)3/h7-8,13H,9H2,1-6H3. The van der Waals surface area contributed by atoms with E-state index in [0.717, 1.165) is 6.42 Å². The van der Waals surface area contributed by atoms with Crippen molar-refractivity contribution in [2.24, 2.45) is 5.92 Å². The maximum atomic E-state index is 9.51. The van der Waals surface area contributed by atoms with Gasteiger partial charge in [0.25, 0.3) is 0 Å². The molecule has 0 spiro atoms. The molecule has 0 heterocycles. The summed E-state index contributed by atoms with van der Waals surface area (Å²) in [7, 11) is 0. The van der Waals surface area contributed by atoms with E-state index in [-0.39, 0.29) is 10.8 Å². The van der Waals surface area contributed by atoms with Crippen molar-refractivity contribution < 1.29 is 0 Å². The summed E-state index contributed by atoms with van der Waals surface area (Å²) in [6.07, 6.45) is 1.01. The van der Waals surface area contributed by atoms with Crippen molar-refractivity contribution in [2.45, 2.75) is 58.8 Å². The van der Waals surface area contributed by atoms with E-state index >= 15 is 0 Å². The molecule has 18 heavy (non-hydrogen) atoms. The van der Waals surface area contributed by atoms with Gasteiger partial charge in [-0.15, -0.1) is 0 Å². The van der Waals surface area contributed by atoms with Gasteiger partial charge < -0.3 is 0 Å². The minimum atomic E-state index is -0.204. The minimum absolute atomic E-state index is 0.170. The Balaban J connectivity index is 2.57. The monoisotopic (exact) mass is 241 g/mol. The summed E-state index contributed by atoms with van der Waals surface area (Å²) >= 11 is 0. The van der Waals surface area contributed by atoms with Gasteiger partial charge in [-0.1, -0.05) is 39.8 Å². The number of nitriles is 1. The van der Waals surface area contributed by atoms with Crippen LogP contribution in [0.25, 0.3) is 0 Å². The lowest BCUT2D eigenvalue weighted by molar-refractivity contribution is 0.588. The molecule has 1 aliphatic rings. The molecule has 2 unspecified atom stereocenters. The number of hydrogen-bond donors (Lipinski definition) is 0. The molecule has 0 aromatic heterocycles. The van der Waals surface area contributed by atoms with Crippen LogP contribution in [0.3, 0.4) is 0 Å². The summed E-state index contributed by atoms with van der Waals surface area (Å²) in [6, 6.07) is 7.10. The van der Waals surface area contributed by atoms with Crippen LogP contribution in [0.1, 0.15) is 56.4 Å². The van der Waals surface area contributed by atoms with Crippen molar-refractivity contribution in [1.82, 2.24) is 0 Å². The fraction of sp³-hybridized carbons (Fsp3) is 0.588. The van der Waals surface area contributed by atoms with Crippen LogP contribution in [0.15, 0.2) is 12.1 Å². The fourth-order valence-electron chi connectivity index (χ4n) is 3.08. The van der Waals surface area contributed by atoms with Crippen LogP contribution in [0.5, 0.6) is 0 Å². The highest BCUT2D eigenvalue weighted by Gasteiger charge is 2.54. The maximum Gasteiger partial charge on any atom is 0.0856 e. The smallest absolute Gasteiger partial charge is 0.0856 e. The van der Waals surface area contributed by atoms with Crippen LogP contribution in [-0.4, -0.2) is 0 Å². The van der Waals surface area contributed by atoms with Crippen LogP contribution in [0.4, 0.5) is 0 Å². The molecule has 0 N–H and O–H groups in total. The van der Waals surface area contributed by atoms with Crippen LogP contribution < -0.4 is 0 Å². The summed E-state index contributed by atoms with van der Waals surface area (Å²) in [5.41, 5.74) is 5.18. The Morgan fingerprint density at radius 2 is 1.67 bits per heavy atom. The van der Waals surface area contributed by atoms with Crippen molar-refractivity contribution in [2.75, 3.05) is 0 Å². The van der Waals surface area contributed by atoms with Gasteiger partial charge in [-0.2, -0.15) is 5.26 Å². The van der Waals surface area contributed by atoms with Gasteiger partial charge in [0, 0.05) is 0 Å². The Morgan fingerprint density at radius 3 is 1.94 bits per heavy atom. The largest absolute Gasteiger partial charge is 0.197 e. The predicted octanol–water partition coefficient (Wildman–Crippen LogP) is 4.40. The molecular weight excluding hydrogens is 218 g/mol. The molecule has 0 aliphatic heterocycles. The second kappa shape index (κ2) is 3.85. The van der Waals surface area contributed by atoms with Gasteiger partial charge in [0.15, 0.2) is 0 Å². The third kappa shape index (κ3) is 1.85. The average Bonchev–Trinajstić information content (AvgIpc) is 2.88. The first-order valence-corrected chi connectivity index (χ1v) is 6.76. The summed E-state index contributed by atoms with van der Waals surface area (Å²) in [5, 5.41) is 9.51. The molecule has 2 atom stereocenters. The summed E-state index contributed by atoms with van der Waals surface area (Å²) in [5.74, 6) is 0.500. The Kier molecular flexibility index (Phi) is 2.81. The van der Waals surface area contributed by atoms with Crippen LogP contribution >= 0.6 is 0 Å². The highest BCUT2D eigenvalue weighted by molar-refractivity contribution is 5.52. The number of aryl methyl sites for hydroxylation is 2. The van der Waals surface area contributed by atoms with Gasteiger partial charge in [0.1, 0.15) is 0 Å². The number of benzene rings is 1. The van der Waals surface area contributed by atoms with Gasteiger partial charge in [-0.05, 0) is 53.9 Å². The van der Waals surface area contributed by atoms with Gasteiger partial charge in [0.2, 0.25) is 0 Å². The molecule has 96 valence electrons. The second-order valence-electron chi connectivity index (χ2n) is 6.92. The molecule has 1 saturated carbocycles. The number of nitrogens with zero attached hydrogens (tertiary/aromatic N) is 1. The summed E-state index contributed by atoms with van der Waals surface area (Å²) < 4.78 is 0. The predicted molar refractivity (Wildman–Crippen MR) is 75.7 cm³/mol. The lowest BCUT2D eigenvalue weighted by Gasteiger charge is -2.24. The molecule has 0 amide bonds. The molecule has 1 fully saturated rings. The van der Waals surface area contributed by atoms with E-state index in [2.05, 4.69) is 59.7 Å². The lowest BCUT2D eigenvalue weighted by Crippen LogP contribution is -2.16. The van der Waals surface area contributed by atoms with E-state index in [1.54, 1.807) is 0 Å². The van der Waals surface area contributed by atoms with Gasteiger partial charge in [-0.3, -0.25) is 0 Å². The number of rotatable bonds is 1. The van der Waals surface area contributed by atoms with Crippen molar-refractivity contribution in [3.8, 4) is 6.07 Å². The maximum absolute atomic E-state index is 9.51. The van der Waals surface area contributed by atoms with Gasteiger partial charge in [0.05, 0.1) is 11.5 Å². The molecule has 2 rings (SSSR count). The molecule has 1 aromatic rings. The van der Waals surface area contributed by atoms with Crippen molar-refractivity contribution >= 4 is 0 Å². The molecule has 1 heteroatoms. The Morgan fingerprint density at radius 1 is 1.22 bits per heavy atom. The van der Waals surface area contributed by atoms with E-state index in [1.165, 1.54) is 22.3 Å². The quantitative estimate of drug-likeness (QED) is 0.714. The fourth-order valence-corrected chi connectivity index (χ4v) is 3.08. The third-order valence-electron chi connectivity index (χ3n) is 4.35. The summed E-state index contributed by atoms with van der Waals surface area (Å²) in [6.45, 7) is 13.2. The van der Waals surface area contributed by atoms with Gasteiger partial charge >= 0.3 is 0 Å². The number of hydrogen-bond acceptors (Lipinski definition) is 1.